The molecular weight excluding hydrogens is 266 g/mol. The van der Waals surface area contributed by atoms with Crippen LogP contribution in [0.2, 0.25) is 0 Å². The van der Waals surface area contributed by atoms with Crippen LogP contribution in [0.3, 0.4) is 0 Å². The van der Waals surface area contributed by atoms with Crippen LogP contribution in [0, 0.1) is 5.92 Å². The Morgan fingerprint density at radius 3 is 2.45 bits per heavy atom. The van der Waals surface area contributed by atoms with Crippen molar-refractivity contribution in [3.8, 4) is 0 Å². The van der Waals surface area contributed by atoms with Crippen LogP contribution in [-0.4, -0.2) is 27.3 Å². The minimum atomic E-state index is -0.611. The Kier molecular flexibility index (Phi) is 7.03. The quantitative estimate of drug-likeness (QED) is 0.803. The van der Waals surface area contributed by atoms with Gasteiger partial charge in [-0.05, 0) is 51.0 Å². The normalized spacial score (nSPS) is 34.0. The smallest absolute Gasteiger partial charge is 0.0506 e. The van der Waals surface area contributed by atoms with E-state index in [0.29, 0.717) is 16.5 Å². The largest absolute Gasteiger partial charge is 0.313 e. The Morgan fingerprint density at radius 2 is 1.80 bits per heavy atom. The van der Waals surface area contributed by atoms with Gasteiger partial charge >= 0.3 is 0 Å². The van der Waals surface area contributed by atoms with Gasteiger partial charge < -0.3 is 5.32 Å². The van der Waals surface area contributed by atoms with Crippen molar-refractivity contribution in [2.75, 3.05) is 6.54 Å². The zero-order chi connectivity index (χ0) is 14.4. The van der Waals surface area contributed by atoms with Crippen molar-refractivity contribution in [2.24, 2.45) is 5.92 Å². The maximum absolute atomic E-state index is 13.1. The first-order valence-electron chi connectivity index (χ1n) is 8.89. The summed E-state index contributed by atoms with van der Waals surface area (Å²) in [6, 6.07) is 0.514. The van der Waals surface area contributed by atoms with Gasteiger partial charge in [-0.1, -0.05) is 39.5 Å². The van der Waals surface area contributed by atoms with Crippen molar-refractivity contribution in [2.45, 2.75) is 94.6 Å². The molecule has 0 aliphatic heterocycles. The fourth-order valence-electron chi connectivity index (χ4n) is 3.95. The first-order valence-corrected chi connectivity index (χ1v) is 10.2. The minimum absolute atomic E-state index is 0.420. The third kappa shape index (κ3) is 4.30. The summed E-state index contributed by atoms with van der Waals surface area (Å²) in [5, 5.41) is 4.61. The molecule has 0 heterocycles. The zero-order valence-electron chi connectivity index (χ0n) is 13.4. The van der Waals surface area contributed by atoms with Gasteiger partial charge in [0.25, 0.3) is 0 Å². The van der Waals surface area contributed by atoms with Gasteiger partial charge in [0.15, 0.2) is 0 Å². The van der Waals surface area contributed by atoms with Gasteiger partial charge in [0.1, 0.15) is 0 Å². The molecule has 2 aliphatic rings. The summed E-state index contributed by atoms with van der Waals surface area (Å²) in [6.45, 7) is 5.60. The Balaban J connectivity index is 1.98. The van der Waals surface area contributed by atoms with Crippen molar-refractivity contribution in [1.82, 2.24) is 5.32 Å². The molecule has 0 spiro atoms. The molecule has 2 fully saturated rings. The van der Waals surface area contributed by atoms with Crippen LogP contribution in [-0.2, 0) is 10.8 Å². The van der Waals surface area contributed by atoms with Gasteiger partial charge in [-0.2, -0.15) is 0 Å². The van der Waals surface area contributed by atoms with E-state index < -0.39 is 10.8 Å². The average Bonchev–Trinajstić information content (AvgIpc) is 2.53. The fraction of sp³-hybridized carbons (Fsp3) is 1.00. The monoisotopic (exact) mass is 299 g/mol. The maximum atomic E-state index is 13.1. The van der Waals surface area contributed by atoms with Crippen LogP contribution >= 0.6 is 0 Å². The van der Waals surface area contributed by atoms with Gasteiger partial charge in [0.2, 0.25) is 0 Å². The van der Waals surface area contributed by atoms with Crippen molar-refractivity contribution in [3.63, 3.8) is 0 Å². The summed E-state index contributed by atoms with van der Waals surface area (Å²) in [5.74, 6) is 0.812. The van der Waals surface area contributed by atoms with Crippen LogP contribution in [0.5, 0.6) is 0 Å². The van der Waals surface area contributed by atoms with Crippen molar-refractivity contribution < 1.29 is 4.21 Å². The molecule has 0 aromatic rings. The molecule has 2 aliphatic carbocycles. The molecule has 3 heteroatoms. The number of nitrogens with one attached hydrogen (secondary N) is 1. The molecule has 2 saturated carbocycles. The van der Waals surface area contributed by atoms with Gasteiger partial charge in [-0.3, -0.25) is 4.21 Å². The SMILES string of the molecule is CCCNC1CCC(CC)CC1S(=O)C1CCCCC1. The number of hydrogen-bond acceptors (Lipinski definition) is 2. The standard InChI is InChI=1S/C17H33NOS/c1-3-12-18-16-11-10-14(4-2)13-17(16)20(19)15-8-6-5-7-9-15/h14-18H,3-13H2,1-2H3. The van der Waals surface area contributed by atoms with Gasteiger partial charge in [0.05, 0.1) is 5.25 Å². The first-order chi connectivity index (χ1) is 9.76. The Morgan fingerprint density at radius 1 is 1.05 bits per heavy atom. The Hall–Kier alpha value is 0.110. The van der Waals surface area contributed by atoms with Crippen LogP contribution in [0.15, 0.2) is 0 Å². The molecule has 4 atom stereocenters. The molecule has 0 aromatic heterocycles. The molecule has 2 rings (SSSR count). The zero-order valence-corrected chi connectivity index (χ0v) is 14.2. The summed E-state index contributed by atoms with van der Waals surface area (Å²) in [5.41, 5.74) is 0. The van der Waals surface area contributed by atoms with E-state index in [4.69, 9.17) is 0 Å². The summed E-state index contributed by atoms with van der Waals surface area (Å²) < 4.78 is 13.1. The highest BCUT2D eigenvalue weighted by atomic mass is 32.2. The fourth-order valence-corrected chi connectivity index (χ4v) is 6.26. The van der Waals surface area contributed by atoms with Crippen LogP contribution in [0.1, 0.15) is 78.1 Å². The highest BCUT2D eigenvalue weighted by molar-refractivity contribution is 7.86. The van der Waals surface area contributed by atoms with Crippen LogP contribution in [0.4, 0.5) is 0 Å². The lowest BCUT2D eigenvalue weighted by atomic mass is 9.84. The third-order valence-electron chi connectivity index (χ3n) is 5.31. The minimum Gasteiger partial charge on any atom is -0.313 e. The van der Waals surface area contributed by atoms with Gasteiger partial charge in [0, 0.05) is 22.1 Å². The number of rotatable bonds is 6. The molecular formula is C17H33NOS. The molecule has 2 nitrogen and oxygen atoms in total. The second-order valence-electron chi connectivity index (χ2n) is 6.77. The topological polar surface area (TPSA) is 29.1 Å². The molecule has 0 bridgehead atoms. The van der Waals surface area contributed by atoms with E-state index in [9.17, 15) is 4.21 Å². The molecule has 118 valence electrons. The summed E-state index contributed by atoms with van der Waals surface area (Å²) >= 11 is 0. The average molecular weight is 300 g/mol. The molecule has 20 heavy (non-hydrogen) atoms. The van der Waals surface area contributed by atoms with E-state index in [1.54, 1.807) is 0 Å². The summed E-state index contributed by atoms with van der Waals surface area (Å²) in [4.78, 5) is 0. The lowest BCUT2D eigenvalue weighted by Gasteiger charge is -2.38. The first kappa shape index (κ1) is 16.5. The summed E-state index contributed by atoms with van der Waals surface area (Å²) in [7, 11) is -0.611. The predicted octanol–water partition coefficient (Wildman–Crippen LogP) is 4.01. The Bertz CT molecular complexity index is 301. The molecule has 0 saturated heterocycles. The van der Waals surface area contributed by atoms with Gasteiger partial charge in [-0.15, -0.1) is 0 Å². The Labute approximate surface area is 127 Å². The van der Waals surface area contributed by atoms with Gasteiger partial charge in [-0.25, -0.2) is 0 Å². The third-order valence-corrected chi connectivity index (χ3v) is 7.56. The molecule has 1 N–H and O–H groups in total. The summed E-state index contributed by atoms with van der Waals surface area (Å²) in [6.07, 6.45) is 12.6. The van der Waals surface area contributed by atoms with E-state index >= 15 is 0 Å². The molecule has 4 unspecified atom stereocenters. The van der Waals surface area contributed by atoms with E-state index in [-0.39, 0.29) is 0 Å². The van der Waals surface area contributed by atoms with E-state index in [0.717, 1.165) is 12.5 Å². The maximum Gasteiger partial charge on any atom is 0.0506 e. The highest BCUT2D eigenvalue weighted by Crippen LogP contribution is 2.34. The second-order valence-corrected chi connectivity index (χ2v) is 8.70. The lowest BCUT2D eigenvalue weighted by Crippen LogP contribution is -2.48. The predicted molar refractivity (Wildman–Crippen MR) is 88.5 cm³/mol. The molecule has 0 radical (unpaired) electrons. The molecule has 0 amide bonds. The van der Waals surface area contributed by atoms with Crippen molar-refractivity contribution in [1.29, 1.82) is 0 Å². The van der Waals surface area contributed by atoms with E-state index in [1.165, 1.54) is 64.2 Å². The second kappa shape index (κ2) is 8.53. The van der Waals surface area contributed by atoms with Crippen LogP contribution < -0.4 is 5.32 Å². The lowest BCUT2D eigenvalue weighted by molar-refractivity contribution is 0.290. The van der Waals surface area contributed by atoms with Crippen molar-refractivity contribution in [3.05, 3.63) is 0 Å². The van der Waals surface area contributed by atoms with E-state index in [2.05, 4.69) is 19.2 Å². The number of hydrogen-bond donors (Lipinski definition) is 1. The van der Waals surface area contributed by atoms with Crippen molar-refractivity contribution >= 4 is 10.8 Å². The van der Waals surface area contributed by atoms with E-state index in [1.807, 2.05) is 0 Å². The highest BCUT2D eigenvalue weighted by Gasteiger charge is 2.36. The molecule has 0 aromatic carbocycles. The van der Waals surface area contributed by atoms with Crippen LogP contribution in [0.25, 0.3) is 0 Å².